The van der Waals surface area contributed by atoms with Gasteiger partial charge in [0.05, 0.1) is 24.2 Å². The molecule has 0 N–H and O–H groups in total. The summed E-state index contributed by atoms with van der Waals surface area (Å²) in [6, 6.07) is 13.8. The molecule has 4 rings (SSSR count). The van der Waals surface area contributed by atoms with Gasteiger partial charge in [0.25, 0.3) is 5.91 Å². The second-order valence-electron chi connectivity index (χ2n) is 6.32. The molecule has 0 aliphatic rings. The molecule has 0 spiro atoms. The van der Waals surface area contributed by atoms with Gasteiger partial charge in [0.15, 0.2) is 0 Å². The molecule has 0 radical (unpaired) electrons. The van der Waals surface area contributed by atoms with Crippen LogP contribution in [0.25, 0.3) is 0 Å². The highest BCUT2D eigenvalue weighted by Gasteiger charge is 2.20. The number of hydrogen-bond donors (Lipinski definition) is 0. The highest BCUT2D eigenvalue weighted by molar-refractivity contribution is 7.12. The fraction of sp³-hybridized carbons (Fsp3) is 0.143. The van der Waals surface area contributed by atoms with Gasteiger partial charge in [0.1, 0.15) is 17.4 Å². The van der Waals surface area contributed by atoms with Gasteiger partial charge in [-0.05, 0) is 41.3 Å². The van der Waals surface area contributed by atoms with E-state index in [4.69, 9.17) is 4.42 Å². The van der Waals surface area contributed by atoms with Gasteiger partial charge in [-0.3, -0.25) is 4.79 Å². The largest absolute Gasteiger partial charge is 0.467 e. The maximum absolute atomic E-state index is 13.5. The highest BCUT2D eigenvalue weighted by atomic mass is 32.1. The zero-order valence-electron chi connectivity index (χ0n) is 15.0. The van der Waals surface area contributed by atoms with Crippen molar-refractivity contribution in [3.05, 3.63) is 100 Å². The van der Waals surface area contributed by atoms with E-state index >= 15 is 0 Å². The van der Waals surface area contributed by atoms with E-state index in [1.54, 1.807) is 35.6 Å². The lowest BCUT2D eigenvalue weighted by molar-refractivity contribution is 0.0716. The number of carbonyl (C=O) groups is 1. The van der Waals surface area contributed by atoms with Crippen LogP contribution in [0.5, 0.6) is 0 Å². The van der Waals surface area contributed by atoms with Crippen molar-refractivity contribution in [1.82, 2.24) is 14.5 Å². The molecule has 28 heavy (non-hydrogen) atoms. The first-order valence-electron chi connectivity index (χ1n) is 8.78. The predicted molar refractivity (Wildman–Crippen MR) is 104 cm³/mol. The van der Waals surface area contributed by atoms with E-state index < -0.39 is 0 Å². The van der Waals surface area contributed by atoms with Gasteiger partial charge in [0, 0.05) is 18.9 Å². The average Bonchev–Trinajstić information content (AvgIpc) is 3.45. The van der Waals surface area contributed by atoms with Crippen molar-refractivity contribution in [2.45, 2.75) is 19.6 Å². The molecule has 3 heterocycles. The lowest BCUT2D eigenvalue weighted by Crippen LogP contribution is -2.30. The molecule has 7 heteroatoms. The van der Waals surface area contributed by atoms with Crippen LogP contribution in [-0.2, 0) is 19.6 Å². The molecule has 0 bridgehead atoms. The van der Waals surface area contributed by atoms with Crippen LogP contribution in [0.3, 0.4) is 0 Å². The second kappa shape index (κ2) is 8.22. The third-order valence-corrected chi connectivity index (χ3v) is 5.18. The number of halogens is 1. The standard InChI is InChI=1S/C21H18FN3O2S/c22-17-5-1-4-16(12-17)13-24-9-8-23-20(24)15-25(14-18-6-2-10-27-18)21(26)19-7-3-11-28-19/h1-12H,13-15H2. The topological polar surface area (TPSA) is 51.3 Å². The van der Waals surface area contributed by atoms with Gasteiger partial charge in [0.2, 0.25) is 0 Å². The summed E-state index contributed by atoms with van der Waals surface area (Å²) in [6.45, 7) is 1.14. The molecule has 5 nitrogen and oxygen atoms in total. The molecule has 0 saturated heterocycles. The van der Waals surface area contributed by atoms with Gasteiger partial charge < -0.3 is 13.9 Å². The molecule has 0 unspecified atom stereocenters. The Balaban J connectivity index is 1.57. The molecular formula is C21H18FN3O2S. The number of amides is 1. The Bertz CT molecular complexity index is 1040. The number of rotatable bonds is 7. The number of benzene rings is 1. The summed E-state index contributed by atoms with van der Waals surface area (Å²) in [6.07, 6.45) is 5.12. The van der Waals surface area contributed by atoms with Crippen LogP contribution in [0, 0.1) is 5.82 Å². The van der Waals surface area contributed by atoms with E-state index in [0.29, 0.717) is 30.3 Å². The maximum Gasteiger partial charge on any atom is 0.264 e. The number of imidazole rings is 1. The Morgan fingerprint density at radius 1 is 1.18 bits per heavy atom. The van der Waals surface area contributed by atoms with Crippen molar-refractivity contribution < 1.29 is 13.6 Å². The van der Waals surface area contributed by atoms with Crippen LogP contribution < -0.4 is 0 Å². The number of carbonyl (C=O) groups excluding carboxylic acids is 1. The van der Waals surface area contributed by atoms with E-state index in [2.05, 4.69) is 4.98 Å². The maximum atomic E-state index is 13.5. The molecule has 0 atom stereocenters. The summed E-state index contributed by atoms with van der Waals surface area (Å²) in [5.41, 5.74) is 0.835. The van der Waals surface area contributed by atoms with E-state index in [9.17, 15) is 9.18 Å². The first-order valence-corrected chi connectivity index (χ1v) is 9.66. The molecule has 3 aromatic heterocycles. The number of aromatic nitrogens is 2. The first-order chi connectivity index (χ1) is 13.7. The quantitative estimate of drug-likeness (QED) is 0.461. The number of hydrogen-bond acceptors (Lipinski definition) is 4. The van der Waals surface area contributed by atoms with Gasteiger partial charge in [-0.1, -0.05) is 18.2 Å². The van der Waals surface area contributed by atoms with Crippen LogP contribution in [0.15, 0.2) is 77.0 Å². The van der Waals surface area contributed by atoms with Gasteiger partial charge >= 0.3 is 0 Å². The minimum Gasteiger partial charge on any atom is -0.467 e. The molecule has 0 fully saturated rings. The van der Waals surface area contributed by atoms with Crippen molar-refractivity contribution in [3.8, 4) is 0 Å². The minimum atomic E-state index is -0.272. The van der Waals surface area contributed by atoms with E-state index in [0.717, 1.165) is 11.4 Å². The Hall–Kier alpha value is -3.19. The number of furan rings is 1. The smallest absolute Gasteiger partial charge is 0.264 e. The summed E-state index contributed by atoms with van der Waals surface area (Å²) in [7, 11) is 0. The molecule has 4 aromatic rings. The summed E-state index contributed by atoms with van der Waals surface area (Å²) >= 11 is 1.40. The zero-order chi connectivity index (χ0) is 19.3. The first kappa shape index (κ1) is 18.2. The molecule has 0 saturated carbocycles. The van der Waals surface area contributed by atoms with Gasteiger partial charge in [-0.15, -0.1) is 11.3 Å². The summed E-state index contributed by atoms with van der Waals surface area (Å²) in [5, 5.41) is 1.88. The van der Waals surface area contributed by atoms with Crippen molar-refractivity contribution in [2.24, 2.45) is 0 Å². The van der Waals surface area contributed by atoms with Crippen molar-refractivity contribution in [1.29, 1.82) is 0 Å². The second-order valence-corrected chi connectivity index (χ2v) is 7.27. The Labute approximate surface area is 165 Å². The van der Waals surface area contributed by atoms with Crippen LogP contribution in [0.4, 0.5) is 4.39 Å². The zero-order valence-corrected chi connectivity index (χ0v) is 15.8. The van der Waals surface area contributed by atoms with Crippen molar-refractivity contribution >= 4 is 17.2 Å². The molecular weight excluding hydrogens is 377 g/mol. The van der Waals surface area contributed by atoms with E-state index in [1.807, 2.05) is 34.3 Å². The lowest BCUT2D eigenvalue weighted by Gasteiger charge is -2.21. The molecule has 142 valence electrons. The van der Waals surface area contributed by atoms with Crippen molar-refractivity contribution in [3.63, 3.8) is 0 Å². The normalized spacial score (nSPS) is 10.9. The fourth-order valence-corrected chi connectivity index (χ4v) is 3.68. The van der Waals surface area contributed by atoms with Gasteiger partial charge in [-0.2, -0.15) is 0 Å². The number of nitrogens with zero attached hydrogens (tertiary/aromatic N) is 3. The highest BCUT2D eigenvalue weighted by Crippen LogP contribution is 2.18. The monoisotopic (exact) mass is 395 g/mol. The Morgan fingerprint density at radius 3 is 2.86 bits per heavy atom. The third kappa shape index (κ3) is 4.20. The molecule has 1 amide bonds. The molecule has 0 aliphatic carbocycles. The van der Waals surface area contributed by atoms with Crippen LogP contribution >= 0.6 is 11.3 Å². The third-order valence-electron chi connectivity index (χ3n) is 4.32. The Morgan fingerprint density at radius 2 is 2.11 bits per heavy atom. The van der Waals surface area contributed by atoms with E-state index in [1.165, 1.54) is 23.5 Å². The number of thiophene rings is 1. The minimum absolute atomic E-state index is 0.0771. The van der Waals surface area contributed by atoms with Crippen LogP contribution in [0.2, 0.25) is 0 Å². The van der Waals surface area contributed by atoms with Crippen LogP contribution in [-0.4, -0.2) is 20.4 Å². The molecule has 1 aromatic carbocycles. The summed E-state index contributed by atoms with van der Waals surface area (Å²) in [5.74, 6) is 1.08. The van der Waals surface area contributed by atoms with E-state index in [-0.39, 0.29) is 11.7 Å². The summed E-state index contributed by atoms with van der Waals surface area (Å²) in [4.78, 5) is 19.8. The van der Waals surface area contributed by atoms with Gasteiger partial charge in [-0.25, -0.2) is 9.37 Å². The SMILES string of the molecule is O=C(c1cccs1)N(Cc1ccco1)Cc1nccn1Cc1cccc(F)c1. The molecule has 0 aliphatic heterocycles. The predicted octanol–water partition coefficient (Wildman–Crippen LogP) is 4.57. The van der Waals surface area contributed by atoms with Crippen molar-refractivity contribution in [2.75, 3.05) is 0 Å². The average molecular weight is 395 g/mol. The Kier molecular flexibility index (Phi) is 5.34. The summed E-state index contributed by atoms with van der Waals surface area (Å²) < 4.78 is 20.8. The lowest BCUT2D eigenvalue weighted by atomic mass is 10.2. The van der Waals surface area contributed by atoms with Crippen LogP contribution in [0.1, 0.15) is 26.8 Å². The fourth-order valence-electron chi connectivity index (χ4n) is 2.98.